The highest BCUT2D eigenvalue weighted by atomic mass is 16.7. The van der Waals surface area contributed by atoms with Gasteiger partial charge in [0.2, 0.25) is 6.10 Å². The normalized spacial score (nSPS) is 15.0. The van der Waals surface area contributed by atoms with Crippen LogP contribution in [0.4, 0.5) is 4.79 Å². The number of hydrogen-bond acceptors (Lipinski definition) is 8. The van der Waals surface area contributed by atoms with Gasteiger partial charge in [0.15, 0.2) is 23.0 Å². The number of rotatable bonds is 5. The molecule has 1 aliphatic heterocycles. The summed E-state index contributed by atoms with van der Waals surface area (Å²) in [6.07, 6.45) is -0.249. The highest BCUT2D eigenvalue weighted by Crippen LogP contribution is 2.31. The molecule has 0 radical (unpaired) electrons. The largest absolute Gasteiger partial charge is 0.513 e. The van der Waals surface area contributed by atoms with Crippen molar-refractivity contribution < 1.29 is 33.3 Å². The zero-order valence-corrected chi connectivity index (χ0v) is 15.2. The minimum absolute atomic E-state index is 0.0890. The SMILES string of the molecule is COC(=O)Oc1ccc(/C=N\NC(=O)[C@@H]2COc3ccccc3O2)cc1OC. The summed E-state index contributed by atoms with van der Waals surface area (Å²) in [5, 5.41) is 3.91. The van der Waals surface area contributed by atoms with Crippen LogP contribution in [-0.4, -0.2) is 45.2 Å². The van der Waals surface area contributed by atoms with Crippen LogP contribution in [0.25, 0.3) is 0 Å². The lowest BCUT2D eigenvalue weighted by Crippen LogP contribution is -2.42. The van der Waals surface area contributed by atoms with Gasteiger partial charge in [0.05, 0.1) is 20.4 Å². The van der Waals surface area contributed by atoms with Crippen LogP contribution in [0.15, 0.2) is 47.6 Å². The van der Waals surface area contributed by atoms with E-state index in [0.717, 1.165) is 0 Å². The van der Waals surface area contributed by atoms with Crippen molar-refractivity contribution in [2.75, 3.05) is 20.8 Å². The number of benzene rings is 2. The van der Waals surface area contributed by atoms with Crippen molar-refractivity contribution in [1.29, 1.82) is 0 Å². The van der Waals surface area contributed by atoms with Gasteiger partial charge in [0.1, 0.15) is 6.61 Å². The molecule has 9 nitrogen and oxygen atoms in total. The molecular weight excluding hydrogens is 368 g/mol. The number of nitrogens with zero attached hydrogens (tertiary/aromatic N) is 1. The van der Waals surface area contributed by atoms with E-state index in [2.05, 4.69) is 15.3 Å². The predicted molar refractivity (Wildman–Crippen MR) is 98.1 cm³/mol. The number of para-hydroxylation sites is 2. The summed E-state index contributed by atoms with van der Waals surface area (Å²) in [4.78, 5) is 23.4. The molecule has 2 aromatic carbocycles. The van der Waals surface area contributed by atoms with Gasteiger partial charge in [-0.15, -0.1) is 0 Å². The molecule has 9 heteroatoms. The van der Waals surface area contributed by atoms with E-state index in [-0.39, 0.29) is 12.4 Å². The first-order chi connectivity index (χ1) is 13.6. The number of carbonyl (C=O) groups is 2. The predicted octanol–water partition coefficient (Wildman–Crippen LogP) is 2.13. The molecule has 0 bridgehead atoms. The molecule has 0 aromatic heterocycles. The molecule has 1 heterocycles. The maximum atomic E-state index is 12.2. The fourth-order valence-electron chi connectivity index (χ4n) is 2.37. The van der Waals surface area contributed by atoms with E-state index in [4.69, 9.17) is 18.9 Å². The molecule has 0 unspecified atom stereocenters. The first-order valence-corrected chi connectivity index (χ1v) is 8.26. The maximum Gasteiger partial charge on any atom is 0.513 e. The van der Waals surface area contributed by atoms with Crippen LogP contribution in [-0.2, 0) is 9.53 Å². The van der Waals surface area contributed by atoms with Crippen molar-refractivity contribution >= 4 is 18.3 Å². The average Bonchev–Trinajstić information content (AvgIpc) is 2.74. The Morgan fingerprint density at radius 3 is 2.68 bits per heavy atom. The van der Waals surface area contributed by atoms with Crippen LogP contribution >= 0.6 is 0 Å². The molecule has 1 aliphatic rings. The van der Waals surface area contributed by atoms with Crippen LogP contribution < -0.4 is 24.4 Å². The summed E-state index contributed by atoms with van der Waals surface area (Å²) in [6.45, 7) is 0.0890. The van der Waals surface area contributed by atoms with Crippen LogP contribution in [0.1, 0.15) is 5.56 Å². The lowest BCUT2D eigenvalue weighted by molar-refractivity contribution is -0.130. The Labute approximate surface area is 160 Å². The number of ether oxygens (including phenoxy) is 5. The van der Waals surface area contributed by atoms with Crippen molar-refractivity contribution in [1.82, 2.24) is 5.43 Å². The van der Waals surface area contributed by atoms with Crippen molar-refractivity contribution in [3.63, 3.8) is 0 Å². The van der Waals surface area contributed by atoms with E-state index < -0.39 is 18.2 Å². The van der Waals surface area contributed by atoms with E-state index in [0.29, 0.717) is 22.8 Å². The zero-order chi connectivity index (χ0) is 19.9. The van der Waals surface area contributed by atoms with Gasteiger partial charge in [0.25, 0.3) is 5.91 Å². The quantitative estimate of drug-likeness (QED) is 0.363. The third-order valence-corrected chi connectivity index (χ3v) is 3.74. The topological polar surface area (TPSA) is 105 Å². The molecule has 1 atom stereocenters. The van der Waals surface area contributed by atoms with Crippen molar-refractivity contribution in [2.45, 2.75) is 6.10 Å². The Morgan fingerprint density at radius 2 is 1.93 bits per heavy atom. The van der Waals surface area contributed by atoms with Crippen molar-refractivity contribution in [2.24, 2.45) is 5.10 Å². The summed E-state index contributed by atoms with van der Waals surface area (Å²) >= 11 is 0. The summed E-state index contributed by atoms with van der Waals surface area (Å²) in [5.41, 5.74) is 3.02. The van der Waals surface area contributed by atoms with Gasteiger partial charge in [-0.3, -0.25) is 4.79 Å². The zero-order valence-electron chi connectivity index (χ0n) is 15.2. The smallest absolute Gasteiger partial charge is 0.493 e. The van der Waals surface area contributed by atoms with Gasteiger partial charge in [0, 0.05) is 0 Å². The fourth-order valence-corrected chi connectivity index (χ4v) is 2.37. The lowest BCUT2D eigenvalue weighted by Gasteiger charge is -2.24. The Morgan fingerprint density at radius 1 is 1.14 bits per heavy atom. The van der Waals surface area contributed by atoms with Crippen LogP contribution in [0.5, 0.6) is 23.0 Å². The molecule has 0 fully saturated rings. The van der Waals surface area contributed by atoms with E-state index in [1.165, 1.54) is 26.5 Å². The van der Waals surface area contributed by atoms with Crippen molar-refractivity contribution in [3.05, 3.63) is 48.0 Å². The third-order valence-electron chi connectivity index (χ3n) is 3.74. The summed E-state index contributed by atoms with van der Waals surface area (Å²) in [7, 11) is 2.64. The molecule has 1 N–H and O–H groups in total. The molecule has 3 rings (SSSR count). The van der Waals surface area contributed by atoms with Gasteiger partial charge >= 0.3 is 6.16 Å². The number of hydrazone groups is 1. The van der Waals surface area contributed by atoms with Gasteiger partial charge in [-0.25, -0.2) is 10.2 Å². The Balaban J connectivity index is 1.60. The molecule has 28 heavy (non-hydrogen) atoms. The molecule has 0 spiro atoms. The molecule has 146 valence electrons. The standard InChI is InChI=1S/C19H18N2O7/c1-24-16-9-12(7-8-15(16)28-19(23)25-2)10-20-21-18(22)17-11-26-13-5-3-4-6-14(13)27-17/h3-10,17H,11H2,1-2H3,(H,21,22)/b20-10-/t17-/m0/s1. The second kappa shape index (κ2) is 8.76. The first kappa shape index (κ1) is 19.0. The monoisotopic (exact) mass is 386 g/mol. The van der Waals surface area contributed by atoms with Crippen LogP contribution in [0, 0.1) is 0 Å². The highest BCUT2D eigenvalue weighted by Gasteiger charge is 2.27. The Kier molecular flexibility index (Phi) is 5.95. The lowest BCUT2D eigenvalue weighted by atomic mass is 10.2. The Hall–Kier alpha value is -3.75. The summed E-state index contributed by atoms with van der Waals surface area (Å²) in [5.74, 6) is 1.16. The molecule has 0 aliphatic carbocycles. The maximum absolute atomic E-state index is 12.2. The number of nitrogens with one attached hydrogen (secondary N) is 1. The molecular formula is C19H18N2O7. The second-order valence-corrected chi connectivity index (χ2v) is 5.56. The minimum Gasteiger partial charge on any atom is -0.493 e. The third kappa shape index (κ3) is 4.50. The van der Waals surface area contributed by atoms with E-state index in [1.807, 2.05) is 6.07 Å². The molecule has 1 amide bonds. The molecule has 0 saturated heterocycles. The van der Waals surface area contributed by atoms with Crippen molar-refractivity contribution in [3.8, 4) is 23.0 Å². The number of hydrogen-bond donors (Lipinski definition) is 1. The first-order valence-electron chi connectivity index (χ1n) is 8.26. The summed E-state index contributed by atoms with van der Waals surface area (Å²) < 4.78 is 25.7. The molecule has 0 saturated carbocycles. The van der Waals surface area contributed by atoms with Gasteiger partial charge < -0.3 is 23.7 Å². The van der Waals surface area contributed by atoms with E-state index >= 15 is 0 Å². The van der Waals surface area contributed by atoms with Crippen LogP contribution in [0.3, 0.4) is 0 Å². The average molecular weight is 386 g/mol. The van der Waals surface area contributed by atoms with Gasteiger partial charge in [-0.1, -0.05) is 12.1 Å². The van der Waals surface area contributed by atoms with Gasteiger partial charge in [-0.05, 0) is 35.9 Å². The number of amides is 1. The molecule has 2 aromatic rings. The van der Waals surface area contributed by atoms with E-state index in [1.54, 1.807) is 30.3 Å². The Bertz CT molecular complexity index is 898. The second-order valence-electron chi connectivity index (χ2n) is 5.56. The number of carbonyl (C=O) groups excluding carboxylic acids is 2. The van der Waals surface area contributed by atoms with Crippen LogP contribution in [0.2, 0.25) is 0 Å². The fraction of sp³-hybridized carbons (Fsp3) is 0.211. The number of methoxy groups -OCH3 is 2. The van der Waals surface area contributed by atoms with E-state index in [9.17, 15) is 9.59 Å². The number of fused-ring (bicyclic) bond motifs is 1. The summed E-state index contributed by atoms with van der Waals surface area (Å²) in [6, 6.07) is 11.8. The minimum atomic E-state index is -0.858. The highest BCUT2D eigenvalue weighted by molar-refractivity contribution is 5.85. The van der Waals surface area contributed by atoms with Gasteiger partial charge in [-0.2, -0.15) is 5.10 Å².